The normalized spacial score (nSPS) is 10.5. The number of rotatable bonds is 7. The molecule has 0 unspecified atom stereocenters. The van der Waals surface area contributed by atoms with Crippen molar-refractivity contribution in [2.75, 3.05) is 23.3 Å². The summed E-state index contributed by atoms with van der Waals surface area (Å²) in [5.74, 6) is 1.39. The summed E-state index contributed by atoms with van der Waals surface area (Å²) in [6, 6.07) is 18.9. The maximum absolute atomic E-state index is 13.7. The molecule has 0 saturated carbocycles. The Morgan fingerprint density at radius 1 is 1.00 bits per heavy atom. The van der Waals surface area contributed by atoms with Gasteiger partial charge in [0.25, 0.3) is 0 Å². The summed E-state index contributed by atoms with van der Waals surface area (Å²) in [5, 5.41) is 3.25. The van der Waals surface area contributed by atoms with Gasteiger partial charge in [-0.05, 0) is 37.1 Å². The standard InChI is InChI=1S/C20H21FN4/c1-2-25(17-9-4-3-5-10-17)20-14-19(23-15-24-20)22-13-12-16-8-6-7-11-18(16)21/h3-11,14-15H,2,12-13H2,1H3,(H,22,23,24). The predicted octanol–water partition coefficient (Wildman–Crippen LogP) is 4.43. The molecule has 5 heteroatoms. The van der Waals surface area contributed by atoms with Gasteiger partial charge in [0.2, 0.25) is 0 Å². The molecule has 0 atom stereocenters. The van der Waals surface area contributed by atoms with Crippen molar-refractivity contribution in [3.05, 3.63) is 78.4 Å². The molecular formula is C20H21FN4. The Labute approximate surface area is 147 Å². The summed E-state index contributed by atoms with van der Waals surface area (Å²) in [7, 11) is 0. The second-order valence-corrected chi connectivity index (χ2v) is 5.61. The Hall–Kier alpha value is -2.95. The van der Waals surface area contributed by atoms with Crippen LogP contribution < -0.4 is 10.2 Å². The van der Waals surface area contributed by atoms with E-state index in [1.54, 1.807) is 18.5 Å². The molecule has 0 amide bonds. The fraction of sp³-hybridized carbons (Fsp3) is 0.200. The number of aromatic nitrogens is 2. The molecule has 0 bridgehead atoms. The lowest BCUT2D eigenvalue weighted by molar-refractivity contribution is 0.610. The van der Waals surface area contributed by atoms with Gasteiger partial charge < -0.3 is 10.2 Å². The van der Waals surface area contributed by atoms with Gasteiger partial charge in [-0.1, -0.05) is 36.4 Å². The molecule has 4 nitrogen and oxygen atoms in total. The second kappa shape index (κ2) is 8.24. The highest BCUT2D eigenvalue weighted by molar-refractivity contribution is 5.61. The fourth-order valence-corrected chi connectivity index (χ4v) is 2.70. The highest BCUT2D eigenvalue weighted by Crippen LogP contribution is 2.23. The van der Waals surface area contributed by atoms with Crippen LogP contribution in [0.1, 0.15) is 12.5 Å². The Morgan fingerprint density at radius 3 is 2.52 bits per heavy atom. The van der Waals surface area contributed by atoms with Crippen molar-refractivity contribution in [1.82, 2.24) is 9.97 Å². The summed E-state index contributed by atoms with van der Waals surface area (Å²) in [6.07, 6.45) is 2.15. The minimum atomic E-state index is -0.172. The van der Waals surface area contributed by atoms with Gasteiger partial charge in [0.1, 0.15) is 23.8 Å². The van der Waals surface area contributed by atoms with E-state index in [2.05, 4.69) is 39.2 Å². The van der Waals surface area contributed by atoms with Crippen molar-refractivity contribution in [2.24, 2.45) is 0 Å². The van der Waals surface area contributed by atoms with Crippen molar-refractivity contribution in [3.63, 3.8) is 0 Å². The van der Waals surface area contributed by atoms with Crippen LogP contribution in [0.2, 0.25) is 0 Å². The number of hydrogen-bond donors (Lipinski definition) is 1. The molecule has 0 aliphatic rings. The number of halogens is 1. The van der Waals surface area contributed by atoms with Gasteiger partial charge in [-0.2, -0.15) is 0 Å². The van der Waals surface area contributed by atoms with E-state index >= 15 is 0 Å². The highest BCUT2D eigenvalue weighted by Gasteiger charge is 2.09. The fourth-order valence-electron chi connectivity index (χ4n) is 2.70. The van der Waals surface area contributed by atoms with E-state index in [9.17, 15) is 4.39 Å². The van der Waals surface area contributed by atoms with Crippen molar-refractivity contribution < 1.29 is 4.39 Å². The molecule has 0 aliphatic heterocycles. The van der Waals surface area contributed by atoms with Gasteiger partial charge in [0.15, 0.2) is 0 Å². The second-order valence-electron chi connectivity index (χ2n) is 5.61. The molecule has 3 rings (SSSR count). The summed E-state index contributed by atoms with van der Waals surface area (Å²) >= 11 is 0. The number of nitrogens with zero attached hydrogens (tertiary/aromatic N) is 3. The van der Waals surface area contributed by atoms with E-state index in [1.165, 1.54) is 6.07 Å². The molecule has 128 valence electrons. The largest absolute Gasteiger partial charge is 0.370 e. The molecule has 1 aromatic heterocycles. The molecule has 0 saturated heterocycles. The average molecular weight is 336 g/mol. The number of para-hydroxylation sites is 1. The molecule has 0 radical (unpaired) electrons. The summed E-state index contributed by atoms with van der Waals surface area (Å²) in [6.45, 7) is 3.49. The predicted molar refractivity (Wildman–Crippen MR) is 99.7 cm³/mol. The van der Waals surface area contributed by atoms with Crippen LogP contribution >= 0.6 is 0 Å². The summed E-state index contributed by atoms with van der Waals surface area (Å²) < 4.78 is 13.7. The van der Waals surface area contributed by atoms with Crippen molar-refractivity contribution >= 4 is 17.3 Å². The topological polar surface area (TPSA) is 41.0 Å². The van der Waals surface area contributed by atoms with Crippen LogP contribution in [0.4, 0.5) is 21.7 Å². The van der Waals surface area contributed by atoms with Gasteiger partial charge in [-0.15, -0.1) is 0 Å². The molecule has 0 aliphatic carbocycles. The smallest absolute Gasteiger partial charge is 0.138 e. The van der Waals surface area contributed by atoms with Crippen LogP contribution in [0.3, 0.4) is 0 Å². The molecule has 2 aromatic carbocycles. The number of benzene rings is 2. The van der Waals surface area contributed by atoms with Gasteiger partial charge in [-0.3, -0.25) is 0 Å². The first-order valence-electron chi connectivity index (χ1n) is 8.40. The lowest BCUT2D eigenvalue weighted by Gasteiger charge is -2.22. The Kier molecular flexibility index (Phi) is 5.57. The average Bonchev–Trinajstić information content (AvgIpc) is 2.65. The lowest BCUT2D eigenvalue weighted by atomic mass is 10.1. The van der Waals surface area contributed by atoms with E-state index in [0.717, 1.165) is 23.9 Å². The molecule has 25 heavy (non-hydrogen) atoms. The molecule has 0 fully saturated rings. The van der Waals surface area contributed by atoms with Gasteiger partial charge in [0.05, 0.1) is 0 Å². The third-order valence-electron chi connectivity index (χ3n) is 3.97. The monoisotopic (exact) mass is 336 g/mol. The number of anilines is 3. The van der Waals surface area contributed by atoms with Crippen molar-refractivity contribution in [2.45, 2.75) is 13.3 Å². The van der Waals surface area contributed by atoms with Gasteiger partial charge in [0, 0.05) is 24.8 Å². The number of hydrogen-bond acceptors (Lipinski definition) is 4. The molecule has 1 heterocycles. The Balaban J connectivity index is 1.68. The van der Waals surface area contributed by atoms with E-state index in [1.807, 2.05) is 30.3 Å². The highest BCUT2D eigenvalue weighted by atomic mass is 19.1. The quantitative estimate of drug-likeness (QED) is 0.693. The van der Waals surface area contributed by atoms with Gasteiger partial charge >= 0.3 is 0 Å². The maximum atomic E-state index is 13.7. The Bertz CT molecular complexity index is 808. The van der Waals surface area contributed by atoms with Crippen LogP contribution in [0.25, 0.3) is 0 Å². The molecule has 0 spiro atoms. The summed E-state index contributed by atoms with van der Waals surface area (Å²) in [4.78, 5) is 10.8. The van der Waals surface area contributed by atoms with Crippen LogP contribution in [0.5, 0.6) is 0 Å². The minimum Gasteiger partial charge on any atom is -0.370 e. The first kappa shape index (κ1) is 16.9. The van der Waals surface area contributed by atoms with Crippen LogP contribution in [0.15, 0.2) is 67.0 Å². The van der Waals surface area contributed by atoms with Crippen molar-refractivity contribution in [3.8, 4) is 0 Å². The number of nitrogens with one attached hydrogen (secondary N) is 1. The van der Waals surface area contributed by atoms with E-state index in [-0.39, 0.29) is 5.82 Å². The van der Waals surface area contributed by atoms with Gasteiger partial charge in [-0.25, -0.2) is 14.4 Å². The lowest BCUT2D eigenvalue weighted by Crippen LogP contribution is -2.18. The van der Waals surface area contributed by atoms with Crippen LogP contribution in [-0.4, -0.2) is 23.1 Å². The van der Waals surface area contributed by atoms with Crippen LogP contribution in [0, 0.1) is 5.82 Å². The first-order chi connectivity index (χ1) is 12.3. The zero-order valence-corrected chi connectivity index (χ0v) is 14.2. The van der Waals surface area contributed by atoms with E-state index in [0.29, 0.717) is 18.5 Å². The molecule has 1 N–H and O–H groups in total. The zero-order valence-electron chi connectivity index (χ0n) is 14.2. The third kappa shape index (κ3) is 4.32. The van der Waals surface area contributed by atoms with E-state index < -0.39 is 0 Å². The zero-order chi connectivity index (χ0) is 17.5. The summed E-state index contributed by atoms with van der Waals surface area (Å²) in [5.41, 5.74) is 1.78. The molecular weight excluding hydrogens is 315 g/mol. The van der Waals surface area contributed by atoms with Crippen LogP contribution in [-0.2, 0) is 6.42 Å². The maximum Gasteiger partial charge on any atom is 0.138 e. The van der Waals surface area contributed by atoms with E-state index in [4.69, 9.17) is 0 Å². The third-order valence-corrected chi connectivity index (χ3v) is 3.97. The van der Waals surface area contributed by atoms with Crippen molar-refractivity contribution in [1.29, 1.82) is 0 Å². The minimum absolute atomic E-state index is 0.172. The molecule has 3 aromatic rings. The Morgan fingerprint density at radius 2 is 1.76 bits per heavy atom. The first-order valence-corrected chi connectivity index (χ1v) is 8.40. The SMILES string of the molecule is CCN(c1ccccc1)c1cc(NCCc2ccccc2F)ncn1.